The molecule has 6 heteroatoms. The van der Waals surface area contributed by atoms with Gasteiger partial charge in [0, 0.05) is 16.2 Å². The molecule has 0 spiro atoms. The van der Waals surface area contributed by atoms with Crippen molar-refractivity contribution in [1.82, 2.24) is 9.78 Å². The summed E-state index contributed by atoms with van der Waals surface area (Å²) in [6, 6.07) is 7.65. The largest absolute Gasteiger partial charge is 0.301 e. The fraction of sp³-hybridized carbons (Fsp3) is 0.154. The number of hydrogen-bond donors (Lipinski definition) is 0. The van der Waals surface area contributed by atoms with Crippen molar-refractivity contribution in [2.45, 2.75) is 13.1 Å². The molecule has 1 aromatic carbocycles. The lowest BCUT2D eigenvalue weighted by Crippen LogP contribution is -2.22. The van der Waals surface area contributed by atoms with Gasteiger partial charge in [-0.1, -0.05) is 15.9 Å². The summed E-state index contributed by atoms with van der Waals surface area (Å²) >= 11 is 3.40. The van der Waals surface area contributed by atoms with Gasteiger partial charge in [0.05, 0.1) is 24.5 Å². The molecule has 0 bridgehead atoms. The first kappa shape index (κ1) is 11.9. The van der Waals surface area contributed by atoms with Crippen LogP contribution in [0.1, 0.15) is 15.9 Å². The number of nitriles is 1. The highest BCUT2D eigenvalue weighted by Crippen LogP contribution is 2.29. The number of hydrogen-bond acceptors (Lipinski definition) is 3. The van der Waals surface area contributed by atoms with E-state index in [-0.39, 0.29) is 12.5 Å². The van der Waals surface area contributed by atoms with Crippen LogP contribution in [0.5, 0.6) is 0 Å². The number of rotatable bonds is 2. The molecular weight excluding hydrogens is 308 g/mol. The van der Waals surface area contributed by atoms with Crippen molar-refractivity contribution in [2.24, 2.45) is 0 Å². The summed E-state index contributed by atoms with van der Waals surface area (Å²) < 4.78 is 2.47. The van der Waals surface area contributed by atoms with Crippen molar-refractivity contribution in [3.05, 3.63) is 46.2 Å². The normalized spacial score (nSPS) is 13.5. The number of nitrogens with zero attached hydrogens (tertiary/aromatic N) is 4. The molecule has 1 aliphatic heterocycles. The summed E-state index contributed by atoms with van der Waals surface area (Å²) in [5.74, 6) is -0.0287. The zero-order valence-electron chi connectivity index (χ0n) is 9.88. The van der Waals surface area contributed by atoms with E-state index in [0.717, 1.165) is 15.6 Å². The van der Waals surface area contributed by atoms with E-state index in [0.29, 0.717) is 12.2 Å². The Morgan fingerprint density at radius 2 is 2.32 bits per heavy atom. The third-order valence-corrected chi connectivity index (χ3v) is 3.53. The minimum Gasteiger partial charge on any atom is -0.301 e. The van der Waals surface area contributed by atoms with Gasteiger partial charge in [0.15, 0.2) is 0 Å². The Kier molecular flexibility index (Phi) is 2.84. The molecule has 3 rings (SSSR count). The van der Waals surface area contributed by atoms with Crippen LogP contribution in [0.3, 0.4) is 0 Å². The van der Waals surface area contributed by atoms with Crippen molar-refractivity contribution in [3.8, 4) is 6.07 Å². The van der Waals surface area contributed by atoms with E-state index in [4.69, 9.17) is 5.26 Å². The quantitative estimate of drug-likeness (QED) is 0.854. The van der Waals surface area contributed by atoms with Crippen molar-refractivity contribution in [3.63, 3.8) is 0 Å². The topological polar surface area (TPSA) is 61.9 Å². The Bertz CT molecular complexity index is 701. The maximum atomic E-state index is 12.3. The van der Waals surface area contributed by atoms with Crippen LogP contribution in [0.15, 0.2) is 35.1 Å². The van der Waals surface area contributed by atoms with E-state index in [2.05, 4.69) is 21.0 Å². The molecule has 0 atom stereocenters. The maximum Gasteiger partial charge on any atom is 0.259 e. The number of halogens is 1. The summed E-state index contributed by atoms with van der Waals surface area (Å²) in [6.07, 6.45) is 3.32. The van der Waals surface area contributed by atoms with Gasteiger partial charge < -0.3 is 4.90 Å². The Morgan fingerprint density at radius 3 is 3.11 bits per heavy atom. The maximum absolute atomic E-state index is 12.3. The molecule has 19 heavy (non-hydrogen) atoms. The van der Waals surface area contributed by atoms with Gasteiger partial charge in [-0.3, -0.25) is 9.48 Å². The SMILES string of the molecule is N#CCn1cc(N2Cc3cc(Br)ccc3C2=O)cn1. The smallest absolute Gasteiger partial charge is 0.259 e. The second-order valence-electron chi connectivity index (χ2n) is 4.25. The first-order valence-electron chi connectivity index (χ1n) is 5.69. The van der Waals surface area contributed by atoms with E-state index in [1.807, 2.05) is 24.3 Å². The van der Waals surface area contributed by atoms with Crippen LogP contribution in [0.4, 0.5) is 5.69 Å². The molecule has 0 radical (unpaired) electrons. The summed E-state index contributed by atoms with van der Waals surface area (Å²) in [7, 11) is 0. The Balaban J connectivity index is 1.92. The minimum absolute atomic E-state index is 0.0287. The molecule has 5 nitrogen and oxygen atoms in total. The standard InChI is InChI=1S/C13H9BrN4O/c14-10-1-2-12-9(5-10)7-18(13(12)19)11-6-16-17(8-11)4-3-15/h1-2,5-6,8H,4,7H2. The summed E-state index contributed by atoms with van der Waals surface area (Å²) in [4.78, 5) is 13.9. The molecule has 94 valence electrons. The fourth-order valence-corrected chi connectivity index (χ4v) is 2.56. The molecular formula is C13H9BrN4O. The van der Waals surface area contributed by atoms with Crippen molar-refractivity contribution >= 4 is 27.5 Å². The number of carbonyl (C=O) groups is 1. The first-order chi connectivity index (χ1) is 9.19. The van der Waals surface area contributed by atoms with Gasteiger partial charge in [-0.05, 0) is 23.8 Å². The third kappa shape index (κ3) is 2.02. The van der Waals surface area contributed by atoms with Gasteiger partial charge >= 0.3 is 0 Å². The average molecular weight is 317 g/mol. The third-order valence-electron chi connectivity index (χ3n) is 3.04. The highest BCUT2D eigenvalue weighted by atomic mass is 79.9. The van der Waals surface area contributed by atoms with Crippen LogP contribution in [-0.4, -0.2) is 15.7 Å². The van der Waals surface area contributed by atoms with Crippen LogP contribution < -0.4 is 4.90 Å². The van der Waals surface area contributed by atoms with E-state index in [1.54, 1.807) is 17.3 Å². The lowest BCUT2D eigenvalue weighted by atomic mass is 10.1. The summed E-state index contributed by atoms with van der Waals surface area (Å²) in [5, 5.41) is 12.7. The molecule has 0 unspecified atom stereocenters. The van der Waals surface area contributed by atoms with Gasteiger partial charge in [0.2, 0.25) is 0 Å². The Labute approximate surface area is 118 Å². The summed E-state index contributed by atoms with van der Waals surface area (Å²) in [5.41, 5.74) is 2.43. The predicted molar refractivity (Wildman–Crippen MR) is 72.5 cm³/mol. The van der Waals surface area contributed by atoms with Crippen LogP contribution in [0.25, 0.3) is 0 Å². The lowest BCUT2D eigenvalue weighted by molar-refractivity contribution is 0.0996. The van der Waals surface area contributed by atoms with Gasteiger partial charge in [-0.2, -0.15) is 10.4 Å². The Morgan fingerprint density at radius 1 is 1.47 bits per heavy atom. The monoisotopic (exact) mass is 316 g/mol. The zero-order valence-corrected chi connectivity index (χ0v) is 11.5. The molecule has 2 heterocycles. The van der Waals surface area contributed by atoms with Gasteiger partial charge in [-0.25, -0.2) is 0 Å². The number of amides is 1. The van der Waals surface area contributed by atoms with Gasteiger partial charge in [-0.15, -0.1) is 0 Å². The number of aromatic nitrogens is 2. The second kappa shape index (κ2) is 4.52. The highest BCUT2D eigenvalue weighted by Gasteiger charge is 2.29. The van der Waals surface area contributed by atoms with E-state index < -0.39 is 0 Å². The molecule has 0 saturated heterocycles. The molecule has 0 aliphatic carbocycles. The van der Waals surface area contributed by atoms with Crippen LogP contribution in [0.2, 0.25) is 0 Å². The molecule has 1 amide bonds. The molecule has 1 aliphatic rings. The van der Waals surface area contributed by atoms with Crippen molar-refractivity contribution in [1.29, 1.82) is 5.26 Å². The molecule has 2 aromatic rings. The first-order valence-corrected chi connectivity index (χ1v) is 6.48. The number of carbonyl (C=O) groups excluding carboxylic acids is 1. The summed E-state index contributed by atoms with van der Waals surface area (Å²) in [6.45, 7) is 0.715. The van der Waals surface area contributed by atoms with Crippen molar-refractivity contribution in [2.75, 3.05) is 4.90 Å². The van der Waals surface area contributed by atoms with Crippen LogP contribution in [-0.2, 0) is 13.1 Å². The highest BCUT2D eigenvalue weighted by molar-refractivity contribution is 9.10. The van der Waals surface area contributed by atoms with Crippen LogP contribution >= 0.6 is 15.9 Å². The second-order valence-corrected chi connectivity index (χ2v) is 5.16. The van der Waals surface area contributed by atoms with Gasteiger partial charge in [0.25, 0.3) is 5.91 Å². The zero-order chi connectivity index (χ0) is 13.4. The van der Waals surface area contributed by atoms with Crippen molar-refractivity contribution < 1.29 is 4.79 Å². The molecule has 0 N–H and O–H groups in total. The molecule has 1 aromatic heterocycles. The number of fused-ring (bicyclic) bond motifs is 1. The number of anilines is 1. The fourth-order valence-electron chi connectivity index (χ4n) is 2.15. The van der Waals surface area contributed by atoms with E-state index in [1.165, 1.54) is 4.68 Å². The molecule has 0 saturated carbocycles. The van der Waals surface area contributed by atoms with E-state index in [9.17, 15) is 4.79 Å². The predicted octanol–water partition coefficient (Wildman–Crippen LogP) is 2.33. The number of benzene rings is 1. The Hall–Kier alpha value is -2.13. The van der Waals surface area contributed by atoms with E-state index >= 15 is 0 Å². The minimum atomic E-state index is -0.0287. The van der Waals surface area contributed by atoms with Gasteiger partial charge in [0.1, 0.15) is 6.54 Å². The van der Waals surface area contributed by atoms with Crippen LogP contribution in [0, 0.1) is 11.3 Å². The molecule has 0 fully saturated rings. The average Bonchev–Trinajstić information content (AvgIpc) is 2.95. The lowest BCUT2D eigenvalue weighted by Gasteiger charge is -2.12.